The van der Waals surface area contributed by atoms with Gasteiger partial charge in [-0.25, -0.2) is 4.98 Å². The SMILES string of the molecule is Cc1c(C(=O)c2ccc3[nH]cnc3c2)c2ccccc2n1CCN1CCOCC1. The Bertz CT molecular complexity index is 1180. The van der Waals surface area contributed by atoms with Gasteiger partial charge < -0.3 is 14.3 Å². The van der Waals surface area contributed by atoms with Crippen molar-refractivity contribution in [2.75, 3.05) is 32.8 Å². The summed E-state index contributed by atoms with van der Waals surface area (Å²) in [6, 6.07) is 13.9. The van der Waals surface area contributed by atoms with Crippen LogP contribution in [0.1, 0.15) is 21.6 Å². The predicted molar refractivity (Wildman–Crippen MR) is 113 cm³/mol. The highest BCUT2D eigenvalue weighted by molar-refractivity contribution is 6.18. The molecule has 4 aromatic rings. The van der Waals surface area contributed by atoms with E-state index in [2.05, 4.69) is 32.4 Å². The Kier molecular flexibility index (Phi) is 4.66. The monoisotopic (exact) mass is 388 g/mol. The van der Waals surface area contributed by atoms with Crippen LogP contribution in [0, 0.1) is 6.92 Å². The Morgan fingerprint density at radius 2 is 1.97 bits per heavy atom. The lowest BCUT2D eigenvalue weighted by atomic mass is 10.00. The summed E-state index contributed by atoms with van der Waals surface area (Å²) in [5, 5.41) is 1.01. The van der Waals surface area contributed by atoms with Crippen molar-refractivity contribution in [3.8, 4) is 0 Å². The lowest BCUT2D eigenvalue weighted by Gasteiger charge is -2.27. The predicted octanol–water partition coefficient (Wildman–Crippen LogP) is 3.39. The number of ketones is 1. The number of hydrogen-bond acceptors (Lipinski definition) is 4. The van der Waals surface area contributed by atoms with E-state index in [-0.39, 0.29) is 5.78 Å². The van der Waals surface area contributed by atoms with Crippen molar-refractivity contribution in [3.63, 3.8) is 0 Å². The first kappa shape index (κ1) is 18.1. The van der Waals surface area contributed by atoms with Crippen LogP contribution in [0.4, 0.5) is 0 Å². The molecule has 1 N–H and O–H groups in total. The summed E-state index contributed by atoms with van der Waals surface area (Å²) in [4.78, 5) is 23.3. The number of H-pyrrole nitrogens is 1. The molecule has 0 radical (unpaired) electrons. The van der Waals surface area contributed by atoms with Crippen LogP contribution in [0.25, 0.3) is 21.9 Å². The molecule has 3 heterocycles. The standard InChI is InChI=1S/C23H24N4O2/c1-16-22(23(28)17-6-7-19-20(14-17)25-15-24-19)18-4-2-3-5-21(18)27(16)9-8-26-10-12-29-13-11-26/h2-7,14-15H,8-13H2,1H3,(H,24,25). The van der Waals surface area contributed by atoms with Gasteiger partial charge in [0.05, 0.1) is 36.1 Å². The van der Waals surface area contributed by atoms with E-state index < -0.39 is 0 Å². The lowest BCUT2D eigenvalue weighted by Crippen LogP contribution is -2.38. The summed E-state index contributed by atoms with van der Waals surface area (Å²) in [6.07, 6.45) is 1.65. The third-order valence-electron chi connectivity index (χ3n) is 5.89. The maximum Gasteiger partial charge on any atom is 0.195 e. The number of imidazole rings is 1. The molecule has 0 amide bonds. The number of fused-ring (bicyclic) bond motifs is 2. The van der Waals surface area contributed by atoms with Gasteiger partial charge in [0.25, 0.3) is 0 Å². The molecule has 0 unspecified atom stereocenters. The number of para-hydroxylation sites is 1. The van der Waals surface area contributed by atoms with Gasteiger partial charge in [-0.05, 0) is 31.2 Å². The number of benzene rings is 2. The topological polar surface area (TPSA) is 63.2 Å². The summed E-state index contributed by atoms with van der Waals surface area (Å²) < 4.78 is 7.74. The molecule has 0 atom stereocenters. The molecular weight excluding hydrogens is 364 g/mol. The van der Waals surface area contributed by atoms with E-state index in [4.69, 9.17) is 4.74 Å². The molecule has 0 saturated carbocycles. The zero-order chi connectivity index (χ0) is 19.8. The third kappa shape index (κ3) is 3.24. The number of carbonyl (C=O) groups excluding carboxylic acids is 1. The van der Waals surface area contributed by atoms with Gasteiger partial charge in [0, 0.05) is 48.3 Å². The van der Waals surface area contributed by atoms with E-state index in [1.165, 1.54) is 0 Å². The Hall–Kier alpha value is -2.96. The first-order valence-electron chi connectivity index (χ1n) is 10.1. The molecule has 0 aliphatic carbocycles. The van der Waals surface area contributed by atoms with Crippen molar-refractivity contribution in [3.05, 3.63) is 65.6 Å². The maximum absolute atomic E-state index is 13.5. The molecule has 2 aromatic carbocycles. The fourth-order valence-corrected chi connectivity index (χ4v) is 4.29. The molecule has 0 spiro atoms. The summed E-state index contributed by atoms with van der Waals surface area (Å²) in [6.45, 7) is 7.39. The van der Waals surface area contributed by atoms with Crippen molar-refractivity contribution in [1.82, 2.24) is 19.4 Å². The average Bonchev–Trinajstić information content (AvgIpc) is 3.34. The molecule has 2 aromatic heterocycles. The van der Waals surface area contributed by atoms with E-state index in [0.717, 1.165) is 72.6 Å². The number of rotatable bonds is 5. The Morgan fingerprint density at radius 3 is 2.83 bits per heavy atom. The molecule has 29 heavy (non-hydrogen) atoms. The average molecular weight is 388 g/mol. The van der Waals surface area contributed by atoms with Crippen molar-refractivity contribution in [2.45, 2.75) is 13.5 Å². The second kappa shape index (κ2) is 7.46. The van der Waals surface area contributed by atoms with E-state index in [0.29, 0.717) is 5.56 Å². The minimum absolute atomic E-state index is 0.0497. The van der Waals surface area contributed by atoms with Crippen LogP contribution in [-0.2, 0) is 11.3 Å². The third-order valence-corrected chi connectivity index (χ3v) is 5.89. The largest absolute Gasteiger partial charge is 0.379 e. The zero-order valence-electron chi connectivity index (χ0n) is 16.5. The second-order valence-corrected chi connectivity index (χ2v) is 7.55. The second-order valence-electron chi connectivity index (χ2n) is 7.55. The van der Waals surface area contributed by atoms with Crippen LogP contribution < -0.4 is 0 Å². The number of hydrogen-bond donors (Lipinski definition) is 1. The number of aromatic amines is 1. The molecular formula is C23H24N4O2. The maximum atomic E-state index is 13.5. The van der Waals surface area contributed by atoms with Gasteiger partial charge in [-0.2, -0.15) is 0 Å². The van der Waals surface area contributed by atoms with Gasteiger partial charge in [-0.1, -0.05) is 18.2 Å². The number of nitrogens with one attached hydrogen (secondary N) is 1. The highest BCUT2D eigenvalue weighted by atomic mass is 16.5. The van der Waals surface area contributed by atoms with E-state index in [1.807, 2.05) is 36.4 Å². The molecule has 0 bridgehead atoms. The van der Waals surface area contributed by atoms with Crippen LogP contribution in [-0.4, -0.2) is 58.1 Å². The number of aromatic nitrogens is 3. The Labute approximate surface area is 169 Å². The first-order chi connectivity index (χ1) is 14.2. The van der Waals surface area contributed by atoms with E-state index >= 15 is 0 Å². The minimum atomic E-state index is 0.0497. The van der Waals surface area contributed by atoms with Gasteiger partial charge in [0.2, 0.25) is 0 Å². The normalized spacial score (nSPS) is 15.3. The van der Waals surface area contributed by atoms with Gasteiger partial charge >= 0.3 is 0 Å². The molecule has 1 aliphatic heterocycles. The van der Waals surface area contributed by atoms with E-state index in [1.54, 1.807) is 6.33 Å². The van der Waals surface area contributed by atoms with Crippen LogP contribution in [0.15, 0.2) is 48.8 Å². The molecule has 1 fully saturated rings. The summed E-state index contributed by atoms with van der Waals surface area (Å²) in [7, 11) is 0. The molecule has 148 valence electrons. The van der Waals surface area contributed by atoms with Gasteiger partial charge in [-0.3, -0.25) is 9.69 Å². The van der Waals surface area contributed by atoms with E-state index in [9.17, 15) is 4.79 Å². The van der Waals surface area contributed by atoms with Crippen molar-refractivity contribution in [1.29, 1.82) is 0 Å². The first-order valence-corrected chi connectivity index (χ1v) is 10.1. The highest BCUT2D eigenvalue weighted by Gasteiger charge is 2.22. The lowest BCUT2D eigenvalue weighted by molar-refractivity contribution is 0.0365. The smallest absolute Gasteiger partial charge is 0.195 e. The Morgan fingerprint density at radius 1 is 1.14 bits per heavy atom. The van der Waals surface area contributed by atoms with Crippen molar-refractivity contribution < 1.29 is 9.53 Å². The van der Waals surface area contributed by atoms with Crippen LogP contribution >= 0.6 is 0 Å². The quantitative estimate of drug-likeness (QED) is 0.533. The molecule has 5 rings (SSSR count). The molecule has 6 nitrogen and oxygen atoms in total. The van der Waals surface area contributed by atoms with Crippen molar-refractivity contribution in [2.24, 2.45) is 0 Å². The summed E-state index contributed by atoms with van der Waals surface area (Å²) >= 11 is 0. The van der Waals surface area contributed by atoms with Crippen LogP contribution in [0.2, 0.25) is 0 Å². The van der Waals surface area contributed by atoms with Gasteiger partial charge in [0.15, 0.2) is 5.78 Å². The fourth-order valence-electron chi connectivity index (χ4n) is 4.29. The molecule has 1 saturated heterocycles. The zero-order valence-corrected chi connectivity index (χ0v) is 16.5. The summed E-state index contributed by atoms with van der Waals surface area (Å²) in [5.74, 6) is 0.0497. The van der Waals surface area contributed by atoms with Gasteiger partial charge in [0.1, 0.15) is 0 Å². The van der Waals surface area contributed by atoms with Crippen LogP contribution in [0.3, 0.4) is 0 Å². The Balaban J connectivity index is 1.52. The molecule has 6 heteroatoms. The van der Waals surface area contributed by atoms with Gasteiger partial charge in [-0.15, -0.1) is 0 Å². The van der Waals surface area contributed by atoms with Crippen molar-refractivity contribution >= 4 is 27.7 Å². The minimum Gasteiger partial charge on any atom is -0.379 e. The number of nitrogens with zero attached hydrogens (tertiary/aromatic N) is 3. The fraction of sp³-hybridized carbons (Fsp3) is 0.304. The number of carbonyl (C=O) groups is 1. The highest BCUT2D eigenvalue weighted by Crippen LogP contribution is 2.29. The number of morpholine rings is 1. The summed E-state index contributed by atoms with van der Waals surface area (Å²) in [5.41, 5.74) is 5.34. The number of ether oxygens (including phenoxy) is 1. The molecule has 1 aliphatic rings. The van der Waals surface area contributed by atoms with Crippen LogP contribution in [0.5, 0.6) is 0 Å².